The summed E-state index contributed by atoms with van der Waals surface area (Å²) < 4.78 is 0. The highest BCUT2D eigenvalue weighted by Crippen LogP contribution is 2.30. The normalized spacial score (nSPS) is 14.3. The maximum Gasteiger partial charge on any atom is 0.271 e. The Bertz CT molecular complexity index is 1060. The van der Waals surface area contributed by atoms with E-state index in [-0.39, 0.29) is 11.6 Å². The Labute approximate surface area is 167 Å². The molecule has 0 aromatic heterocycles. The van der Waals surface area contributed by atoms with Gasteiger partial charge in [0, 0.05) is 43.9 Å². The van der Waals surface area contributed by atoms with Crippen LogP contribution in [0.5, 0.6) is 0 Å². The standard InChI is InChI=1S/C21H18ClN3O3/c22-19-14-18(25(27)28)7-8-20(19)23-9-11-24(12-10-23)21(26)17-6-5-15-3-1-2-4-16(15)13-17/h1-8,13-14H,9-12H2. The first kappa shape index (κ1) is 18.3. The number of halogens is 1. The minimum atomic E-state index is -0.462. The Hall–Kier alpha value is -3.12. The van der Waals surface area contributed by atoms with Gasteiger partial charge in [0.25, 0.3) is 11.6 Å². The molecule has 7 heteroatoms. The van der Waals surface area contributed by atoms with Crippen molar-refractivity contribution in [3.05, 3.63) is 81.4 Å². The van der Waals surface area contributed by atoms with Crippen molar-refractivity contribution in [3.8, 4) is 0 Å². The molecule has 1 heterocycles. The van der Waals surface area contributed by atoms with Gasteiger partial charge in [-0.1, -0.05) is 41.9 Å². The van der Waals surface area contributed by atoms with Crippen LogP contribution in [0.1, 0.15) is 10.4 Å². The molecule has 1 saturated heterocycles. The number of nitro groups is 1. The Balaban J connectivity index is 1.46. The SMILES string of the molecule is O=C(c1ccc2ccccc2c1)N1CCN(c2ccc([N+](=O)[O-])cc2Cl)CC1. The third kappa shape index (κ3) is 3.51. The summed E-state index contributed by atoms with van der Waals surface area (Å²) in [6.45, 7) is 2.38. The molecule has 3 aromatic carbocycles. The predicted octanol–water partition coefficient (Wildman–Crippen LogP) is 4.36. The van der Waals surface area contributed by atoms with Gasteiger partial charge in [-0.2, -0.15) is 0 Å². The molecule has 0 N–H and O–H groups in total. The number of carbonyl (C=O) groups is 1. The smallest absolute Gasteiger partial charge is 0.271 e. The van der Waals surface area contributed by atoms with Gasteiger partial charge >= 0.3 is 0 Å². The van der Waals surface area contributed by atoms with Crippen molar-refractivity contribution < 1.29 is 9.72 Å². The minimum Gasteiger partial charge on any atom is -0.367 e. The van der Waals surface area contributed by atoms with Gasteiger partial charge in [-0.3, -0.25) is 14.9 Å². The summed E-state index contributed by atoms with van der Waals surface area (Å²) >= 11 is 6.23. The lowest BCUT2D eigenvalue weighted by atomic mass is 10.1. The maximum absolute atomic E-state index is 12.9. The lowest BCUT2D eigenvalue weighted by Crippen LogP contribution is -2.48. The summed E-state index contributed by atoms with van der Waals surface area (Å²) in [6, 6.07) is 18.2. The fraction of sp³-hybridized carbons (Fsp3) is 0.190. The number of rotatable bonds is 3. The zero-order chi connectivity index (χ0) is 19.7. The monoisotopic (exact) mass is 395 g/mol. The Kier molecular flexibility index (Phi) is 4.88. The van der Waals surface area contributed by atoms with E-state index >= 15 is 0 Å². The zero-order valence-corrected chi connectivity index (χ0v) is 15.8. The van der Waals surface area contributed by atoms with E-state index in [9.17, 15) is 14.9 Å². The molecule has 0 unspecified atom stereocenters. The Morgan fingerprint density at radius 3 is 2.32 bits per heavy atom. The molecule has 1 aliphatic heterocycles. The molecule has 3 aromatic rings. The number of carbonyl (C=O) groups excluding carboxylic acids is 1. The van der Waals surface area contributed by atoms with Gasteiger partial charge in [-0.05, 0) is 29.0 Å². The van der Waals surface area contributed by atoms with E-state index in [4.69, 9.17) is 11.6 Å². The van der Waals surface area contributed by atoms with Crippen LogP contribution in [0.15, 0.2) is 60.7 Å². The second-order valence-corrected chi connectivity index (χ2v) is 7.14. The average Bonchev–Trinajstić information content (AvgIpc) is 2.73. The van der Waals surface area contributed by atoms with Crippen molar-refractivity contribution in [1.29, 1.82) is 0 Å². The number of benzene rings is 3. The molecule has 1 fully saturated rings. The van der Waals surface area contributed by atoms with Crippen molar-refractivity contribution >= 4 is 39.7 Å². The molecule has 4 rings (SSSR count). The van der Waals surface area contributed by atoms with Gasteiger partial charge in [-0.25, -0.2) is 0 Å². The van der Waals surface area contributed by atoms with Gasteiger partial charge in [-0.15, -0.1) is 0 Å². The van der Waals surface area contributed by atoms with E-state index in [0.29, 0.717) is 36.8 Å². The largest absolute Gasteiger partial charge is 0.367 e. The molecular weight excluding hydrogens is 378 g/mol. The number of hydrogen-bond acceptors (Lipinski definition) is 4. The summed E-state index contributed by atoms with van der Waals surface area (Å²) in [4.78, 5) is 27.2. The number of non-ortho nitro benzene ring substituents is 1. The fourth-order valence-electron chi connectivity index (χ4n) is 3.52. The van der Waals surface area contributed by atoms with Crippen LogP contribution < -0.4 is 4.90 Å². The predicted molar refractivity (Wildman–Crippen MR) is 110 cm³/mol. The first-order chi connectivity index (χ1) is 13.5. The van der Waals surface area contributed by atoms with Gasteiger partial charge in [0.15, 0.2) is 0 Å². The number of anilines is 1. The second kappa shape index (κ2) is 7.48. The van der Waals surface area contributed by atoms with E-state index < -0.39 is 4.92 Å². The summed E-state index contributed by atoms with van der Waals surface area (Å²) in [7, 11) is 0. The molecule has 0 bridgehead atoms. The van der Waals surface area contributed by atoms with Gasteiger partial charge < -0.3 is 9.80 Å². The summed E-state index contributed by atoms with van der Waals surface area (Å²) in [5.41, 5.74) is 1.41. The van der Waals surface area contributed by atoms with Crippen molar-refractivity contribution in [3.63, 3.8) is 0 Å². The third-order valence-electron chi connectivity index (χ3n) is 5.05. The third-order valence-corrected chi connectivity index (χ3v) is 5.35. The van der Waals surface area contributed by atoms with Crippen LogP contribution in [-0.4, -0.2) is 41.9 Å². The average molecular weight is 396 g/mol. The number of fused-ring (bicyclic) bond motifs is 1. The van der Waals surface area contributed by atoms with E-state index in [1.165, 1.54) is 12.1 Å². The highest BCUT2D eigenvalue weighted by Gasteiger charge is 2.24. The summed E-state index contributed by atoms with van der Waals surface area (Å²) in [5, 5.41) is 13.4. The van der Waals surface area contributed by atoms with Gasteiger partial charge in [0.05, 0.1) is 15.6 Å². The van der Waals surface area contributed by atoms with Crippen LogP contribution >= 0.6 is 11.6 Å². The molecular formula is C21H18ClN3O3. The summed E-state index contributed by atoms with van der Waals surface area (Å²) in [5.74, 6) is 0.0141. The first-order valence-electron chi connectivity index (χ1n) is 9.00. The van der Waals surface area contributed by atoms with E-state index in [1.54, 1.807) is 6.07 Å². The van der Waals surface area contributed by atoms with Gasteiger partial charge in [0.2, 0.25) is 0 Å². The van der Waals surface area contributed by atoms with Crippen LogP contribution in [0, 0.1) is 10.1 Å². The number of nitro benzene ring substituents is 1. The molecule has 0 atom stereocenters. The molecule has 1 aliphatic rings. The molecule has 0 saturated carbocycles. The minimum absolute atomic E-state index is 0.0141. The number of hydrogen-bond donors (Lipinski definition) is 0. The lowest BCUT2D eigenvalue weighted by molar-refractivity contribution is -0.384. The quantitative estimate of drug-likeness (QED) is 0.488. The number of piperazine rings is 1. The van der Waals surface area contributed by atoms with E-state index in [2.05, 4.69) is 4.90 Å². The lowest BCUT2D eigenvalue weighted by Gasteiger charge is -2.36. The molecule has 28 heavy (non-hydrogen) atoms. The second-order valence-electron chi connectivity index (χ2n) is 6.73. The van der Waals surface area contributed by atoms with Crippen molar-refractivity contribution in [2.45, 2.75) is 0 Å². The zero-order valence-electron chi connectivity index (χ0n) is 15.0. The molecule has 1 amide bonds. The molecule has 0 spiro atoms. The first-order valence-corrected chi connectivity index (χ1v) is 9.38. The number of amides is 1. The maximum atomic E-state index is 12.9. The van der Waals surface area contributed by atoms with Gasteiger partial charge in [0.1, 0.15) is 0 Å². The highest BCUT2D eigenvalue weighted by atomic mass is 35.5. The Morgan fingerprint density at radius 1 is 0.929 bits per heavy atom. The Morgan fingerprint density at radius 2 is 1.64 bits per heavy atom. The number of nitrogens with zero attached hydrogens (tertiary/aromatic N) is 3. The van der Waals surface area contributed by atoms with Crippen molar-refractivity contribution in [1.82, 2.24) is 4.90 Å². The fourth-order valence-corrected chi connectivity index (χ4v) is 3.82. The van der Waals surface area contributed by atoms with Crippen molar-refractivity contribution in [2.75, 3.05) is 31.1 Å². The molecule has 6 nitrogen and oxygen atoms in total. The summed E-state index contributed by atoms with van der Waals surface area (Å²) in [6.07, 6.45) is 0. The van der Waals surface area contributed by atoms with E-state index in [0.717, 1.165) is 16.5 Å². The van der Waals surface area contributed by atoms with Crippen LogP contribution in [-0.2, 0) is 0 Å². The van der Waals surface area contributed by atoms with Crippen molar-refractivity contribution in [2.24, 2.45) is 0 Å². The molecule has 0 radical (unpaired) electrons. The van der Waals surface area contributed by atoms with Crippen LogP contribution in [0.2, 0.25) is 5.02 Å². The van der Waals surface area contributed by atoms with Crippen LogP contribution in [0.25, 0.3) is 10.8 Å². The topological polar surface area (TPSA) is 66.7 Å². The van der Waals surface area contributed by atoms with Crippen LogP contribution in [0.3, 0.4) is 0 Å². The van der Waals surface area contributed by atoms with Crippen LogP contribution in [0.4, 0.5) is 11.4 Å². The molecule has 142 valence electrons. The molecule has 0 aliphatic carbocycles. The van der Waals surface area contributed by atoms with E-state index in [1.807, 2.05) is 47.4 Å². The highest BCUT2D eigenvalue weighted by molar-refractivity contribution is 6.33.